The van der Waals surface area contributed by atoms with Crippen molar-refractivity contribution in [3.63, 3.8) is 0 Å². The van der Waals surface area contributed by atoms with E-state index in [2.05, 4.69) is 9.97 Å². The molecule has 2 aromatic rings. The highest BCUT2D eigenvalue weighted by atomic mass is 32.1. The van der Waals surface area contributed by atoms with Crippen LogP contribution in [0.15, 0.2) is 17.6 Å². The van der Waals surface area contributed by atoms with E-state index in [1.54, 1.807) is 5.38 Å². The predicted molar refractivity (Wildman–Crippen MR) is 75.8 cm³/mol. The molecule has 0 bridgehead atoms. The van der Waals surface area contributed by atoms with Crippen molar-refractivity contribution in [1.82, 2.24) is 9.97 Å². The Morgan fingerprint density at radius 2 is 2.09 bits per heavy atom. The lowest BCUT2D eigenvalue weighted by atomic mass is 9.96. The first-order chi connectivity index (χ1) is 10.2. The van der Waals surface area contributed by atoms with Gasteiger partial charge in [-0.25, -0.2) is 14.8 Å². The fourth-order valence-electron chi connectivity index (χ4n) is 2.08. The summed E-state index contributed by atoms with van der Waals surface area (Å²) in [5, 5.41) is 11.1. The van der Waals surface area contributed by atoms with Gasteiger partial charge in [-0.2, -0.15) is 13.2 Å². The average Bonchev–Trinajstić information content (AvgIpc) is 2.89. The molecule has 0 aromatic carbocycles. The van der Waals surface area contributed by atoms with Gasteiger partial charge in [-0.3, -0.25) is 0 Å². The fourth-order valence-corrected chi connectivity index (χ4v) is 2.71. The predicted octanol–water partition coefficient (Wildman–Crippen LogP) is 4.12. The zero-order valence-corrected chi connectivity index (χ0v) is 12.6. The standard InChI is InChI=1S/C14H13F3N2O2S/c1-7(2)5-8-6-9(14(15,16)17)19-11(10(8)13(20)21)12-18-3-4-22-12/h3-4,6-7H,5H2,1-2H3,(H,20,21). The highest BCUT2D eigenvalue weighted by Crippen LogP contribution is 2.34. The molecule has 0 amide bonds. The van der Waals surface area contributed by atoms with Crippen LogP contribution in [-0.4, -0.2) is 21.0 Å². The maximum Gasteiger partial charge on any atom is 0.433 e. The number of carboxylic acids is 1. The van der Waals surface area contributed by atoms with Gasteiger partial charge >= 0.3 is 12.1 Å². The van der Waals surface area contributed by atoms with Crippen LogP contribution < -0.4 is 0 Å². The van der Waals surface area contributed by atoms with E-state index in [0.717, 1.165) is 17.4 Å². The lowest BCUT2D eigenvalue weighted by Gasteiger charge is -2.15. The Hall–Kier alpha value is -1.96. The van der Waals surface area contributed by atoms with Crippen molar-refractivity contribution < 1.29 is 23.1 Å². The summed E-state index contributed by atoms with van der Waals surface area (Å²) in [7, 11) is 0. The maximum absolute atomic E-state index is 13.0. The van der Waals surface area contributed by atoms with Crippen molar-refractivity contribution in [2.45, 2.75) is 26.4 Å². The summed E-state index contributed by atoms with van der Waals surface area (Å²) < 4.78 is 39.1. The molecule has 1 N–H and O–H groups in total. The Morgan fingerprint density at radius 1 is 1.41 bits per heavy atom. The molecule has 2 aromatic heterocycles. The topological polar surface area (TPSA) is 63.1 Å². The van der Waals surface area contributed by atoms with Crippen molar-refractivity contribution in [2.75, 3.05) is 0 Å². The van der Waals surface area contributed by atoms with Gasteiger partial charge in [-0.15, -0.1) is 11.3 Å². The second-order valence-corrected chi connectivity index (χ2v) is 6.02. The third-order valence-electron chi connectivity index (χ3n) is 2.87. The average molecular weight is 330 g/mol. The van der Waals surface area contributed by atoms with E-state index in [1.165, 1.54) is 6.20 Å². The number of aromatic nitrogens is 2. The number of hydrogen-bond acceptors (Lipinski definition) is 4. The summed E-state index contributed by atoms with van der Waals surface area (Å²) in [5.41, 5.74) is -1.42. The number of halogens is 3. The van der Waals surface area contributed by atoms with E-state index in [0.29, 0.717) is 0 Å². The van der Waals surface area contributed by atoms with Crippen LogP contribution in [-0.2, 0) is 12.6 Å². The van der Waals surface area contributed by atoms with Gasteiger partial charge in [-0.1, -0.05) is 13.8 Å². The molecule has 0 aliphatic carbocycles. The van der Waals surface area contributed by atoms with Crippen LogP contribution in [0.4, 0.5) is 13.2 Å². The second kappa shape index (κ2) is 6.04. The van der Waals surface area contributed by atoms with Crippen LogP contribution in [0.3, 0.4) is 0 Å². The third-order valence-corrected chi connectivity index (χ3v) is 3.65. The molecule has 8 heteroatoms. The number of nitrogens with zero attached hydrogens (tertiary/aromatic N) is 2. The minimum atomic E-state index is -4.64. The van der Waals surface area contributed by atoms with Gasteiger partial charge in [0.1, 0.15) is 16.4 Å². The monoisotopic (exact) mass is 330 g/mol. The molecule has 2 rings (SSSR count). The van der Waals surface area contributed by atoms with Crippen molar-refractivity contribution in [3.05, 3.63) is 34.5 Å². The zero-order chi connectivity index (χ0) is 16.5. The number of aromatic carboxylic acids is 1. The Balaban J connectivity index is 2.75. The van der Waals surface area contributed by atoms with Gasteiger partial charge in [0.2, 0.25) is 0 Å². The van der Waals surface area contributed by atoms with Crippen LogP contribution in [0.5, 0.6) is 0 Å². The van der Waals surface area contributed by atoms with E-state index < -0.39 is 17.8 Å². The highest BCUT2D eigenvalue weighted by Gasteiger charge is 2.35. The molecular weight excluding hydrogens is 317 g/mol. The Kier molecular flexibility index (Phi) is 4.50. The normalized spacial score (nSPS) is 11.9. The minimum absolute atomic E-state index is 0.00530. The van der Waals surface area contributed by atoms with E-state index in [1.807, 2.05) is 13.8 Å². The van der Waals surface area contributed by atoms with E-state index >= 15 is 0 Å². The zero-order valence-electron chi connectivity index (χ0n) is 11.8. The molecule has 2 heterocycles. The van der Waals surface area contributed by atoms with Crippen molar-refractivity contribution in [2.24, 2.45) is 5.92 Å². The van der Waals surface area contributed by atoms with Gasteiger partial charge < -0.3 is 5.11 Å². The summed E-state index contributed by atoms with van der Waals surface area (Å²) >= 11 is 1.05. The van der Waals surface area contributed by atoms with Crippen LogP contribution in [0, 0.1) is 5.92 Å². The van der Waals surface area contributed by atoms with E-state index in [-0.39, 0.29) is 34.2 Å². The largest absolute Gasteiger partial charge is 0.478 e. The lowest BCUT2D eigenvalue weighted by Crippen LogP contribution is -2.15. The number of thiazole rings is 1. The molecule has 0 spiro atoms. The van der Waals surface area contributed by atoms with Crippen molar-refractivity contribution >= 4 is 17.3 Å². The molecule has 0 fully saturated rings. The number of hydrogen-bond donors (Lipinski definition) is 1. The molecule has 0 saturated heterocycles. The molecule has 0 atom stereocenters. The molecule has 0 saturated carbocycles. The minimum Gasteiger partial charge on any atom is -0.478 e. The molecule has 0 unspecified atom stereocenters. The molecule has 0 radical (unpaired) electrons. The van der Waals surface area contributed by atoms with Gasteiger partial charge in [0.25, 0.3) is 0 Å². The van der Waals surface area contributed by atoms with Crippen LogP contribution in [0.25, 0.3) is 10.7 Å². The number of carbonyl (C=O) groups is 1. The summed E-state index contributed by atoms with van der Waals surface area (Å²) in [6.45, 7) is 3.62. The van der Waals surface area contributed by atoms with Crippen LogP contribution in [0.1, 0.15) is 35.5 Å². The summed E-state index contributed by atoms with van der Waals surface area (Å²) in [4.78, 5) is 19.0. The first-order valence-corrected chi connectivity index (χ1v) is 7.32. The van der Waals surface area contributed by atoms with Crippen molar-refractivity contribution in [1.29, 1.82) is 0 Å². The quantitative estimate of drug-likeness (QED) is 0.916. The van der Waals surface area contributed by atoms with Gasteiger partial charge in [0.05, 0.1) is 5.56 Å². The summed E-state index contributed by atoms with van der Waals surface area (Å²) in [6, 6.07) is 0.820. The number of carboxylic acid groups (broad SMARTS) is 1. The number of alkyl halides is 3. The first-order valence-electron chi connectivity index (χ1n) is 6.44. The summed E-state index contributed by atoms with van der Waals surface area (Å²) in [5.74, 6) is -1.30. The number of rotatable bonds is 4. The Morgan fingerprint density at radius 3 is 2.55 bits per heavy atom. The van der Waals surface area contributed by atoms with Crippen LogP contribution >= 0.6 is 11.3 Å². The van der Waals surface area contributed by atoms with Gasteiger partial charge in [-0.05, 0) is 24.0 Å². The van der Waals surface area contributed by atoms with E-state index in [9.17, 15) is 23.1 Å². The smallest absolute Gasteiger partial charge is 0.433 e. The SMILES string of the molecule is CC(C)Cc1cc(C(F)(F)F)nc(-c2nccs2)c1C(=O)O. The molecule has 0 aliphatic heterocycles. The number of pyridine rings is 1. The Labute approximate surface area is 128 Å². The third kappa shape index (κ3) is 3.44. The van der Waals surface area contributed by atoms with Gasteiger partial charge in [0, 0.05) is 11.6 Å². The molecule has 118 valence electrons. The van der Waals surface area contributed by atoms with Crippen LogP contribution in [0.2, 0.25) is 0 Å². The Bertz CT molecular complexity index is 682. The fraction of sp³-hybridized carbons (Fsp3) is 0.357. The summed E-state index contributed by atoms with van der Waals surface area (Å²) in [6.07, 6.45) is -3.03. The lowest BCUT2D eigenvalue weighted by molar-refractivity contribution is -0.141. The molecule has 0 aliphatic rings. The molecule has 22 heavy (non-hydrogen) atoms. The first kappa shape index (κ1) is 16.4. The van der Waals surface area contributed by atoms with Gasteiger partial charge in [0.15, 0.2) is 0 Å². The maximum atomic E-state index is 13.0. The second-order valence-electron chi connectivity index (χ2n) is 5.13. The van der Waals surface area contributed by atoms with E-state index in [4.69, 9.17) is 0 Å². The molecular formula is C14H13F3N2O2S. The molecule has 4 nitrogen and oxygen atoms in total. The van der Waals surface area contributed by atoms with Crippen molar-refractivity contribution in [3.8, 4) is 10.7 Å². The highest BCUT2D eigenvalue weighted by molar-refractivity contribution is 7.13.